The maximum atomic E-state index is 6.01. The first kappa shape index (κ1) is 12.1. The van der Waals surface area contributed by atoms with Gasteiger partial charge in [0.25, 0.3) is 0 Å². The third-order valence-electron chi connectivity index (χ3n) is 1.69. The number of halogens is 3. The van der Waals surface area contributed by atoms with Crippen LogP contribution in [-0.4, -0.2) is 13.1 Å². The lowest BCUT2D eigenvalue weighted by Crippen LogP contribution is -2.08. The summed E-state index contributed by atoms with van der Waals surface area (Å²) in [6, 6.07) is 3.61. The van der Waals surface area contributed by atoms with Gasteiger partial charge in [-0.3, -0.25) is 0 Å². The van der Waals surface area contributed by atoms with Crippen molar-refractivity contribution >= 4 is 44.8 Å². The first-order valence-electron chi connectivity index (χ1n) is 4.23. The van der Waals surface area contributed by atoms with Crippen LogP contribution in [0.4, 0.5) is 5.69 Å². The highest BCUT2D eigenvalue weighted by Gasteiger charge is 2.06. The van der Waals surface area contributed by atoms with Crippen LogP contribution in [0.15, 0.2) is 16.6 Å². The van der Waals surface area contributed by atoms with E-state index in [1.165, 1.54) is 0 Å². The summed E-state index contributed by atoms with van der Waals surface area (Å²) in [6.07, 6.45) is 0.892. The molecule has 0 atom stereocenters. The molecule has 0 aliphatic carbocycles. The van der Waals surface area contributed by atoms with E-state index >= 15 is 0 Å². The van der Waals surface area contributed by atoms with Crippen molar-refractivity contribution in [2.45, 2.75) is 6.42 Å². The van der Waals surface area contributed by atoms with E-state index in [1.54, 1.807) is 12.1 Å². The molecule has 2 nitrogen and oxygen atoms in total. The standard InChI is InChI=1S/C9H11BrCl2N2/c10-6-4-7(11)9(8(12)5-6)14-3-1-2-13/h4-5,14H,1-3,13H2. The minimum Gasteiger partial charge on any atom is -0.383 e. The Morgan fingerprint density at radius 3 is 2.36 bits per heavy atom. The number of nitrogens with one attached hydrogen (secondary N) is 1. The minimum absolute atomic E-state index is 0.612. The van der Waals surface area contributed by atoms with Crippen molar-refractivity contribution in [1.29, 1.82) is 0 Å². The second-order valence-electron chi connectivity index (χ2n) is 2.81. The summed E-state index contributed by atoms with van der Waals surface area (Å²) in [6.45, 7) is 1.43. The summed E-state index contributed by atoms with van der Waals surface area (Å²) >= 11 is 15.3. The van der Waals surface area contributed by atoms with Crippen molar-refractivity contribution in [1.82, 2.24) is 0 Å². The van der Waals surface area contributed by atoms with Gasteiger partial charge >= 0.3 is 0 Å². The molecule has 1 aromatic rings. The molecule has 0 unspecified atom stereocenters. The lowest BCUT2D eigenvalue weighted by atomic mass is 10.3. The van der Waals surface area contributed by atoms with Crippen molar-refractivity contribution in [3.8, 4) is 0 Å². The van der Waals surface area contributed by atoms with Gasteiger partial charge in [-0.25, -0.2) is 0 Å². The highest BCUT2D eigenvalue weighted by Crippen LogP contribution is 2.33. The molecule has 0 aliphatic rings. The zero-order valence-corrected chi connectivity index (χ0v) is 10.6. The van der Waals surface area contributed by atoms with Gasteiger partial charge in [0, 0.05) is 11.0 Å². The Kier molecular flexibility index (Phi) is 5.02. The van der Waals surface area contributed by atoms with Crippen molar-refractivity contribution < 1.29 is 0 Å². The van der Waals surface area contributed by atoms with Crippen LogP contribution >= 0.6 is 39.1 Å². The summed E-state index contributed by atoms with van der Waals surface area (Å²) in [5, 5.41) is 4.37. The fourth-order valence-corrected chi connectivity index (χ4v) is 2.37. The lowest BCUT2D eigenvalue weighted by Gasteiger charge is -2.10. The van der Waals surface area contributed by atoms with Gasteiger partial charge in [-0.1, -0.05) is 39.1 Å². The Labute approximate surface area is 102 Å². The number of hydrogen-bond acceptors (Lipinski definition) is 2. The molecule has 0 saturated carbocycles. The van der Waals surface area contributed by atoms with Crippen LogP contribution in [0.1, 0.15) is 6.42 Å². The largest absolute Gasteiger partial charge is 0.383 e. The molecule has 1 rings (SSSR count). The Morgan fingerprint density at radius 2 is 1.86 bits per heavy atom. The molecule has 0 aliphatic heterocycles. The maximum absolute atomic E-state index is 6.01. The van der Waals surface area contributed by atoms with Gasteiger partial charge in [0.1, 0.15) is 0 Å². The summed E-state index contributed by atoms with van der Waals surface area (Å²) < 4.78 is 0.872. The Hall–Kier alpha value is 0.0400. The first-order chi connectivity index (χ1) is 6.65. The van der Waals surface area contributed by atoms with Gasteiger partial charge in [0.15, 0.2) is 0 Å². The predicted molar refractivity (Wildman–Crippen MR) is 66.3 cm³/mol. The van der Waals surface area contributed by atoms with Crippen molar-refractivity contribution in [2.75, 3.05) is 18.4 Å². The normalized spacial score (nSPS) is 10.3. The molecule has 3 N–H and O–H groups in total. The van der Waals surface area contributed by atoms with Crippen LogP contribution in [0.25, 0.3) is 0 Å². The van der Waals surface area contributed by atoms with E-state index in [2.05, 4.69) is 21.2 Å². The molecule has 78 valence electrons. The molecule has 0 spiro atoms. The van der Waals surface area contributed by atoms with Crippen LogP contribution in [-0.2, 0) is 0 Å². The van der Waals surface area contributed by atoms with E-state index in [0.717, 1.165) is 23.1 Å². The third-order valence-corrected chi connectivity index (χ3v) is 2.74. The number of benzene rings is 1. The second kappa shape index (κ2) is 5.81. The summed E-state index contributed by atoms with van der Waals surface area (Å²) in [7, 11) is 0. The van der Waals surface area contributed by atoms with Gasteiger partial charge < -0.3 is 11.1 Å². The predicted octanol–water partition coefficient (Wildman–Crippen LogP) is 3.52. The van der Waals surface area contributed by atoms with E-state index < -0.39 is 0 Å². The van der Waals surface area contributed by atoms with Gasteiger partial charge in [-0.05, 0) is 25.1 Å². The molecule has 0 bridgehead atoms. The molecular formula is C9H11BrCl2N2. The molecule has 14 heavy (non-hydrogen) atoms. The van der Waals surface area contributed by atoms with Crippen molar-refractivity contribution in [3.05, 3.63) is 26.7 Å². The smallest absolute Gasteiger partial charge is 0.0719 e. The monoisotopic (exact) mass is 296 g/mol. The number of rotatable bonds is 4. The Morgan fingerprint density at radius 1 is 1.29 bits per heavy atom. The van der Waals surface area contributed by atoms with Crippen LogP contribution < -0.4 is 11.1 Å². The first-order valence-corrected chi connectivity index (χ1v) is 5.78. The quantitative estimate of drug-likeness (QED) is 0.835. The zero-order valence-electron chi connectivity index (χ0n) is 7.49. The topological polar surface area (TPSA) is 38.0 Å². The van der Waals surface area contributed by atoms with E-state index in [4.69, 9.17) is 28.9 Å². The molecule has 0 heterocycles. The molecule has 1 aromatic carbocycles. The molecule has 0 amide bonds. The van der Waals surface area contributed by atoms with E-state index in [-0.39, 0.29) is 0 Å². The van der Waals surface area contributed by atoms with Gasteiger partial charge in [0.2, 0.25) is 0 Å². The molecule has 5 heteroatoms. The summed E-state index contributed by atoms with van der Waals surface area (Å²) in [5.74, 6) is 0. The van der Waals surface area contributed by atoms with E-state index in [1.807, 2.05) is 0 Å². The van der Waals surface area contributed by atoms with Crippen LogP contribution in [0.3, 0.4) is 0 Å². The fraction of sp³-hybridized carbons (Fsp3) is 0.333. The highest BCUT2D eigenvalue weighted by molar-refractivity contribution is 9.10. The SMILES string of the molecule is NCCCNc1c(Cl)cc(Br)cc1Cl. The van der Waals surface area contributed by atoms with Gasteiger partial charge in [-0.15, -0.1) is 0 Å². The molecule has 0 fully saturated rings. The number of hydrogen-bond donors (Lipinski definition) is 2. The average molecular weight is 298 g/mol. The van der Waals surface area contributed by atoms with Crippen LogP contribution in [0, 0.1) is 0 Å². The highest BCUT2D eigenvalue weighted by atomic mass is 79.9. The van der Waals surface area contributed by atoms with E-state index in [0.29, 0.717) is 16.6 Å². The third kappa shape index (κ3) is 3.31. The Balaban J connectivity index is 2.75. The zero-order chi connectivity index (χ0) is 10.6. The summed E-state index contributed by atoms with van der Waals surface area (Å²) in [4.78, 5) is 0. The summed E-state index contributed by atoms with van der Waals surface area (Å²) in [5.41, 5.74) is 6.15. The van der Waals surface area contributed by atoms with Crippen molar-refractivity contribution in [2.24, 2.45) is 5.73 Å². The number of anilines is 1. The molecule has 0 aromatic heterocycles. The fourth-order valence-electron chi connectivity index (χ4n) is 1.03. The van der Waals surface area contributed by atoms with Gasteiger partial charge in [-0.2, -0.15) is 0 Å². The minimum atomic E-state index is 0.612. The Bertz CT molecular complexity index is 295. The van der Waals surface area contributed by atoms with Crippen LogP contribution in [0.2, 0.25) is 10.0 Å². The van der Waals surface area contributed by atoms with E-state index in [9.17, 15) is 0 Å². The molecule has 0 radical (unpaired) electrons. The van der Waals surface area contributed by atoms with Gasteiger partial charge in [0.05, 0.1) is 15.7 Å². The molecular weight excluding hydrogens is 287 g/mol. The average Bonchev–Trinajstić information content (AvgIpc) is 2.09. The van der Waals surface area contributed by atoms with Crippen LogP contribution in [0.5, 0.6) is 0 Å². The second-order valence-corrected chi connectivity index (χ2v) is 4.54. The van der Waals surface area contributed by atoms with Crippen molar-refractivity contribution in [3.63, 3.8) is 0 Å². The molecule has 0 saturated heterocycles. The lowest BCUT2D eigenvalue weighted by molar-refractivity contribution is 0.874. The maximum Gasteiger partial charge on any atom is 0.0719 e. The number of nitrogens with two attached hydrogens (primary N) is 1.